The Labute approximate surface area is 174 Å². The van der Waals surface area contributed by atoms with Gasteiger partial charge in [0.25, 0.3) is 0 Å². The van der Waals surface area contributed by atoms with Gasteiger partial charge >= 0.3 is 0 Å². The number of imidazole rings is 1. The van der Waals surface area contributed by atoms with Gasteiger partial charge in [-0.3, -0.25) is 16.2 Å². The molecule has 1 heterocycles. The highest BCUT2D eigenvalue weighted by Gasteiger charge is 2.03. The molecule has 3 rings (SSSR count). The molecule has 2 aromatic carbocycles. The van der Waals surface area contributed by atoms with Crippen LogP contribution in [0.2, 0.25) is 0 Å². The van der Waals surface area contributed by atoms with Crippen LogP contribution in [-0.4, -0.2) is 34.0 Å². The molecule has 30 heavy (non-hydrogen) atoms. The van der Waals surface area contributed by atoms with Crippen molar-refractivity contribution in [3.05, 3.63) is 77.7 Å². The predicted molar refractivity (Wildman–Crippen MR) is 114 cm³/mol. The minimum absolute atomic E-state index is 0.0225. The zero-order valence-corrected chi connectivity index (χ0v) is 16.5. The fourth-order valence-corrected chi connectivity index (χ4v) is 2.81. The molecule has 7 N–H and O–H groups in total. The van der Waals surface area contributed by atoms with Crippen LogP contribution in [0.15, 0.2) is 60.9 Å². The number of hydrogen-bond acceptors (Lipinski definition) is 5. The number of amidine groups is 2. The molecule has 0 saturated carbocycles. The van der Waals surface area contributed by atoms with E-state index in [2.05, 4.69) is 0 Å². The standard InChI is InChI=1S/C21H25N7O2/c22-19(23)15-1-5-17(6-2-15)29-13-11-27-9-10-28(21(27)26)12-14-30-18-7-3-16(4-8-18)20(24)25/h1-10,26H,11-14H2,(H3,22,23)(H3,24,25). The lowest BCUT2D eigenvalue weighted by molar-refractivity contribution is 0.286. The molecule has 156 valence electrons. The molecule has 0 fully saturated rings. The fourth-order valence-electron chi connectivity index (χ4n) is 2.81. The third-order valence-electron chi connectivity index (χ3n) is 4.50. The van der Waals surface area contributed by atoms with Crippen molar-refractivity contribution in [1.82, 2.24) is 9.13 Å². The molecule has 0 radical (unpaired) electrons. The number of nitrogens with two attached hydrogens (primary N) is 2. The molecule has 0 spiro atoms. The van der Waals surface area contributed by atoms with Crippen LogP contribution in [0.25, 0.3) is 0 Å². The van der Waals surface area contributed by atoms with Crippen molar-refractivity contribution in [2.45, 2.75) is 13.1 Å². The Morgan fingerprint density at radius 2 is 1.07 bits per heavy atom. The lowest BCUT2D eigenvalue weighted by Gasteiger charge is -2.09. The first-order chi connectivity index (χ1) is 14.4. The molecule has 0 aliphatic heterocycles. The topological polar surface area (TPSA) is 152 Å². The number of nitrogens with zero attached hydrogens (tertiary/aromatic N) is 2. The maximum Gasteiger partial charge on any atom is 0.202 e. The first-order valence-corrected chi connectivity index (χ1v) is 9.39. The lowest BCUT2D eigenvalue weighted by atomic mass is 10.2. The number of nitrogens with one attached hydrogen (secondary N) is 3. The van der Waals surface area contributed by atoms with Crippen molar-refractivity contribution in [1.29, 1.82) is 16.2 Å². The molecule has 9 nitrogen and oxygen atoms in total. The van der Waals surface area contributed by atoms with Crippen LogP contribution in [0.5, 0.6) is 11.5 Å². The summed E-state index contributed by atoms with van der Waals surface area (Å²) in [6.07, 6.45) is 3.68. The van der Waals surface area contributed by atoms with Gasteiger partial charge in [0.1, 0.15) is 36.4 Å². The summed E-state index contributed by atoms with van der Waals surface area (Å²) >= 11 is 0. The van der Waals surface area contributed by atoms with E-state index in [-0.39, 0.29) is 11.7 Å². The Hall–Kier alpha value is -4.01. The maximum absolute atomic E-state index is 8.28. The summed E-state index contributed by atoms with van der Waals surface area (Å²) < 4.78 is 15.0. The third-order valence-corrected chi connectivity index (χ3v) is 4.50. The third kappa shape index (κ3) is 5.28. The van der Waals surface area contributed by atoms with E-state index in [0.717, 1.165) is 0 Å². The van der Waals surface area contributed by atoms with E-state index < -0.39 is 0 Å². The average molecular weight is 407 g/mol. The fraction of sp³-hybridized carbons (Fsp3) is 0.190. The van der Waals surface area contributed by atoms with Crippen LogP contribution >= 0.6 is 0 Å². The maximum atomic E-state index is 8.28. The first-order valence-electron chi connectivity index (χ1n) is 9.39. The van der Waals surface area contributed by atoms with E-state index in [1.807, 2.05) is 12.4 Å². The summed E-state index contributed by atoms with van der Waals surface area (Å²) in [6, 6.07) is 14.1. The first kappa shape index (κ1) is 20.7. The van der Waals surface area contributed by atoms with Crippen molar-refractivity contribution in [3.63, 3.8) is 0 Å². The van der Waals surface area contributed by atoms with Gasteiger partial charge in [0.15, 0.2) is 0 Å². The SMILES string of the molecule is N=C(N)c1ccc(OCCn2ccn(CCOc3ccc(C(=N)N)cc3)c2=N)cc1. The van der Waals surface area contributed by atoms with Gasteiger partial charge in [0.2, 0.25) is 5.62 Å². The van der Waals surface area contributed by atoms with Gasteiger partial charge in [-0.05, 0) is 48.5 Å². The average Bonchev–Trinajstić information content (AvgIpc) is 3.08. The normalized spacial score (nSPS) is 10.5. The second-order valence-electron chi connectivity index (χ2n) is 6.58. The highest BCUT2D eigenvalue weighted by Crippen LogP contribution is 2.12. The number of rotatable bonds is 10. The smallest absolute Gasteiger partial charge is 0.202 e. The van der Waals surface area contributed by atoms with Crippen LogP contribution in [0.3, 0.4) is 0 Å². The highest BCUT2D eigenvalue weighted by molar-refractivity contribution is 5.95. The van der Waals surface area contributed by atoms with Crippen LogP contribution in [0, 0.1) is 16.2 Å². The lowest BCUT2D eigenvalue weighted by Crippen LogP contribution is -2.27. The molecule has 1 aromatic heterocycles. The van der Waals surface area contributed by atoms with Crippen LogP contribution < -0.4 is 26.6 Å². The molecule has 0 atom stereocenters. The molecule has 0 amide bonds. The second kappa shape index (κ2) is 9.46. The highest BCUT2D eigenvalue weighted by atomic mass is 16.5. The Bertz CT molecular complexity index is 982. The number of hydrogen-bond donors (Lipinski definition) is 5. The molecule has 3 aromatic rings. The van der Waals surface area contributed by atoms with Crippen molar-refractivity contribution >= 4 is 11.7 Å². The zero-order valence-electron chi connectivity index (χ0n) is 16.5. The van der Waals surface area contributed by atoms with Crippen molar-refractivity contribution in [3.8, 4) is 11.5 Å². The van der Waals surface area contributed by atoms with Gasteiger partial charge < -0.3 is 30.1 Å². The number of ether oxygens (including phenoxy) is 2. The van der Waals surface area contributed by atoms with E-state index in [4.69, 9.17) is 37.2 Å². The molecule has 0 bridgehead atoms. The monoisotopic (exact) mass is 407 g/mol. The van der Waals surface area contributed by atoms with Crippen LogP contribution in [0.4, 0.5) is 0 Å². The Kier molecular flexibility index (Phi) is 6.53. The van der Waals surface area contributed by atoms with Gasteiger partial charge in [0, 0.05) is 23.5 Å². The molecular weight excluding hydrogens is 382 g/mol. The van der Waals surface area contributed by atoms with E-state index in [9.17, 15) is 0 Å². The van der Waals surface area contributed by atoms with Crippen molar-refractivity contribution in [2.75, 3.05) is 13.2 Å². The number of nitrogen functional groups attached to an aromatic ring is 2. The van der Waals surface area contributed by atoms with Crippen molar-refractivity contribution in [2.24, 2.45) is 11.5 Å². The molecule has 0 aliphatic rings. The molecule has 0 unspecified atom stereocenters. The quantitative estimate of drug-likeness (QED) is 0.255. The number of benzene rings is 2. The molecule has 0 saturated heterocycles. The molecule has 9 heteroatoms. The summed E-state index contributed by atoms with van der Waals surface area (Å²) in [7, 11) is 0. The van der Waals surface area contributed by atoms with E-state index >= 15 is 0 Å². The minimum Gasteiger partial charge on any atom is -0.492 e. The molecule has 0 aliphatic carbocycles. The van der Waals surface area contributed by atoms with Gasteiger partial charge in [-0.25, -0.2) is 0 Å². The summed E-state index contributed by atoms with van der Waals surface area (Å²) in [5.74, 6) is 1.43. The Balaban J connectivity index is 1.46. The van der Waals surface area contributed by atoms with E-state index in [1.54, 1.807) is 57.7 Å². The van der Waals surface area contributed by atoms with Crippen molar-refractivity contribution < 1.29 is 9.47 Å². The zero-order chi connectivity index (χ0) is 21.5. The van der Waals surface area contributed by atoms with Gasteiger partial charge in [-0.1, -0.05) is 0 Å². The minimum atomic E-state index is 0.0225. The predicted octanol–water partition coefficient (Wildman–Crippen LogP) is 1.50. The van der Waals surface area contributed by atoms with Crippen LogP contribution in [0.1, 0.15) is 11.1 Å². The number of aromatic nitrogens is 2. The van der Waals surface area contributed by atoms with E-state index in [1.165, 1.54) is 0 Å². The van der Waals surface area contributed by atoms with Crippen LogP contribution in [-0.2, 0) is 13.1 Å². The summed E-state index contributed by atoms with van der Waals surface area (Å²) in [6.45, 7) is 1.90. The Morgan fingerprint density at radius 1 is 0.700 bits per heavy atom. The Morgan fingerprint density at radius 3 is 1.40 bits per heavy atom. The van der Waals surface area contributed by atoms with Gasteiger partial charge in [-0.2, -0.15) is 0 Å². The summed E-state index contributed by atoms with van der Waals surface area (Å²) in [5, 5.41) is 23.1. The second-order valence-corrected chi connectivity index (χ2v) is 6.58. The summed E-state index contributed by atoms with van der Waals surface area (Å²) in [4.78, 5) is 0. The van der Waals surface area contributed by atoms with Gasteiger partial charge in [0.05, 0.1) is 13.1 Å². The molecular formula is C21H25N7O2. The summed E-state index contributed by atoms with van der Waals surface area (Å²) in [5.41, 5.74) is 12.5. The largest absolute Gasteiger partial charge is 0.492 e. The van der Waals surface area contributed by atoms with Gasteiger partial charge in [-0.15, -0.1) is 0 Å². The van der Waals surface area contributed by atoms with E-state index in [0.29, 0.717) is 54.5 Å².